The summed E-state index contributed by atoms with van der Waals surface area (Å²) in [5, 5.41) is 0. The van der Waals surface area contributed by atoms with Gasteiger partial charge in [0.15, 0.2) is 0 Å². The van der Waals surface area contributed by atoms with Gasteiger partial charge in [-0.25, -0.2) is 4.79 Å². The highest BCUT2D eigenvalue weighted by Crippen LogP contribution is 2.13. The summed E-state index contributed by atoms with van der Waals surface area (Å²) in [4.78, 5) is 24.4. The monoisotopic (exact) mass is 378 g/mol. The first kappa shape index (κ1) is 14.8. The van der Waals surface area contributed by atoms with Crippen LogP contribution in [0.2, 0.25) is 0 Å². The van der Waals surface area contributed by atoms with Crippen LogP contribution in [0, 0.1) is 3.57 Å². The highest BCUT2D eigenvalue weighted by atomic mass is 127. The molecule has 0 bridgehead atoms. The summed E-state index contributed by atoms with van der Waals surface area (Å²) in [6.45, 7) is 3.75. The molecule has 0 spiro atoms. The Balaban J connectivity index is 2.32. The minimum atomic E-state index is -0.221. The third-order valence-corrected chi connectivity index (χ3v) is 4.06. The van der Waals surface area contributed by atoms with Crippen LogP contribution in [0.5, 0.6) is 0 Å². The first-order valence-electron chi connectivity index (χ1n) is 6.75. The molecule has 1 fully saturated rings. The van der Waals surface area contributed by atoms with Crippen molar-refractivity contribution in [2.45, 2.75) is 51.8 Å². The molecule has 0 aromatic carbocycles. The van der Waals surface area contributed by atoms with E-state index in [4.69, 9.17) is 4.74 Å². The van der Waals surface area contributed by atoms with Crippen LogP contribution in [0.3, 0.4) is 0 Å². The van der Waals surface area contributed by atoms with Crippen molar-refractivity contribution in [3.63, 3.8) is 0 Å². The number of aromatic nitrogens is 2. The van der Waals surface area contributed by atoms with E-state index in [1.54, 1.807) is 10.8 Å². The number of rotatable bonds is 4. The van der Waals surface area contributed by atoms with Crippen molar-refractivity contribution in [2.75, 3.05) is 6.61 Å². The number of halogens is 1. The van der Waals surface area contributed by atoms with Gasteiger partial charge >= 0.3 is 5.69 Å². The van der Waals surface area contributed by atoms with E-state index in [0.717, 1.165) is 32.3 Å². The van der Waals surface area contributed by atoms with Gasteiger partial charge < -0.3 is 4.74 Å². The van der Waals surface area contributed by atoms with Gasteiger partial charge in [-0.3, -0.25) is 13.9 Å². The second kappa shape index (κ2) is 6.69. The molecule has 1 unspecified atom stereocenters. The molecule has 0 radical (unpaired) electrons. The number of hydrogen-bond donors (Lipinski definition) is 0. The molecule has 0 aliphatic carbocycles. The molecule has 0 N–H and O–H groups in total. The first-order chi connectivity index (χ1) is 9.13. The fourth-order valence-corrected chi connectivity index (χ4v) is 2.96. The van der Waals surface area contributed by atoms with Gasteiger partial charge in [0.2, 0.25) is 0 Å². The lowest BCUT2D eigenvalue weighted by atomic mass is 10.1. The lowest BCUT2D eigenvalue weighted by molar-refractivity contribution is 0.00441. The molecular weight excluding hydrogens is 359 g/mol. The number of ether oxygens (including phenoxy) is 1. The Bertz CT molecular complexity index is 544. The smallest absolute Gasteiger partial charge is 0.331 e. The predicted molar refractivity (Wildman–Crippen MR) is 81.6 cm³/mol. The Hall–Kier alpha value is -0.630. The summed E-state index contributed by atoms with van der Waals surface area (Å²) < 4.78 is 9.15. The van der Waals surface area contributed by atoms with Gasteiger partial charge in [0.1, 0.15) is 0 Å². The third kappa shape index (κ3) is 3.47. The lowest BCUT2D eigenvalue weighted by Gasteiger charge is -2.23. The molecular formula is C13H19IN2O3. The third-order valence-electron chi connectivity index (χ3n) is 3.32. The molecule has 5 nitrogen and oxygen atoms in total. The van der Waals surface area contributed by atoms with Crippen molar-refractivity contribution in [1.82, 2.24) is 9.13 Å². The van der Waals surface area contributed by atoms with Crippen molar-refractivity contribution in [3.8, 4) is 0 Å². The second-order valence-electron chi connectivity index (χ2n) is 4.86. The average molecular weight is 378 g/mol. The molecule has 1 saturated heterocycles. The van der Waals surface area contributed by atoms with Crippen LogP contribution in [0.4, 0.5) is 0 Å². The van der Waals surface area contributed by atoms with E-state index in [1.807, 2.05) is 29.5 Å². The van der Waals surface area contributed by atoms with E-state index >= 15 is 0 Å². The fourth-order valence-electron chi connectivity index (χ4n) is 2.34. The number of nitrogens with zero attached hydrogens (tertiary/aromatic N) is 2. The molecule has 0 amide bonds. The maximum atomic E-state index is 12.3. The summed E-state index contributed by atoms with van der Waals surface area (Å²) in [5.41, 5.74) is -0.423. The van der Waals surface area contributed by atoms with Crippen molar-refractivity contribution in [3.05, 3.63) is 30.6 Å². The highest BCUT2D eigenvalue weighted by molar-refractivity contribution is 14.1. The molecule has 19 heavy (non-hydrogen) atoms. The van der Waals surface area contributed by atoms with Crippen molar-refractivity contribution < 1.29 is 4.74 Å². The summed E-state index contributed by atoms with van der Waals surface area (Å²) in [5.74, 6) is 0. The zero-order chi connectivity index (χ0) is 13.8. The van der Waals surface area contributed by atoms with Crippen molar-refractivity contribution >= 4 is 22.6 Å². The number of aryl methyl sites for hydroxylation is 1. The molecule has 0 saturated carbocycles. The summed E-state index contributed by atoms with van der Waals surface area (Å²) in [7, 11) is 0. The summed E-state index contributed by atoms with van der Waals surface area (Å²) in [6.07, 6.45) is 5.60. The zero-order valence-corrected chi connectivity index (χ0v) is 13.3. The second-order valence-corrected chi connectivity index (χ2v) is 6.02. The minimum absolute atomic E-state index is 0.00701. The quantitative estimate of drug-likeness (QED) is 0.748. The van der Waals surface area contributed by atoms with E-state index in [0.29, 0.717) is 16.7 Å². The van der Waals surface area contributed by atoms with Crippen LogP contribution >= 0.6 is 22.6 Å². The maximum Gasteiger partial charge on any atom is 0.331 e. The maximum absolute atomic E-state index is 12.3. The number of hydrogen-bond acceptors (Lipinski definition) is 3. The van der Waals surface area contributed by atoms with Gasteiger partial charge in [-0.05, 0) is 48.3 Å². The molecule has 1 atom stereocenters. The first-order valence-corrected chi connectivity index (χ1v) is 7.82. The van der Waals surface area contributed by atoms with Gasteiger partial charge in [-0.15, -0.1) is 0 Å². The standard InChI is InChI=1S/C13H19IN2O3/c1-2-6-15-9-11(14)12(17)16(13(15)18)8-10-5-3-4-7-19-10/h9-10H,2-8H2,1H3. The van der Waals surface area contributed by atoms with E-state index in [9.17, 15) is 9.59 Å². The molecule has 1 aliphatic rings. The molecule has 1 aromatic rings. The van der Waals surface area contributed by atoms with Crippen molar-refractivity contribution in [1.29, 1.82) is 0 Å². The van der Waals surface area contributed by atoms with Crippen LogP contribution in [0.15, 0.2) is 15.8 Å². The van der Waals surface area contributed by atoms with Gasteiger partial charge in [0, 0.05) is 19.3 Å². The van der Waals surface area contributed by atoms with Crippen molar-refractivity contribution in [2.24, 2.45) is 0 Å². The van der Waals surface area contributed by atoms with Gasteiger partial charge in [-0.1, -0.05) is 6.92 Å². The van der Waals surface area contributed by atoms with E-state index < -0.39 is 0 Å². The zero-order valence-electron chi connectivity index (χ0n) is 11.1. The Morgan fingerprint density at radius 3 is 2.84 bits per heavy atom. The lowest BCUT2D eigenvalue weighted by Crippen LogP contribution is -2.44. The summed E-state index contributed by atoms with van der Waals surface area (Å²) >= 11 is 1.99. The average Bonchev–Trinajstić information content (AvgIpc) is 2.42. The Labute approximate surface area is 125 Å². The molecule has 1 aliphatic heterocycles. The van der Waals surface area contributed by atoms with Crippen LogP contribution in [-0.4, -0.2) is 21.8 Å². The van der Waals surface area contributed by atoms with Crippen LogP contribution in [0.25, 0.3) is 0 Å². The molecule has 1 aromatic heterocycles. The van der Waals surface area contributed by atoms with Gasteiger partial charge in [-0.2, -0.15) is 0 Å². The van der Waals surface area contributed by atoms with Crippen LogP contribution in [0.1, 0.15) is 32.6 Å². The largest absolute Gasteiger partial charge is 0.376 e. The molecule has 106 valence electrons. The van der Waals surface area contributed by atoms with Crippen LogP contribution < -0.4 is 11.2 Å². The topological polar surface area (TPSA) is 53.2 Å². The fraction of sp³-hybridized carbons (Fsp3) is 0.692. The van der Waals surface area contributed by atoms with E-state index in [2.05, 4.69) is 0 Å². The van der Waals surface area contributed by atoms with E-state index in [-0.39, 0.29) is 17.4 Å². The van der Waals surface area contributed by atoms with Crippen LogP contribution in [-0.2, 0) is 17.8 Å². The highest BCUT2D eigenvalue weighted by Gasteiger charge is 2.18. The normalized spacial score (nSPS) is 19.6. The molecule has 6 heteroatoms. The molecule has 2 heterocycles. The SMILES string of the molecule is CCCn1cc(I)c(=O)n(CC2CCCCO2)c1=O. The van der Waals surface area contributed by atoms with Gasteiger partial charge in [0.05, 0.1) is 16.2 Å². The Kier molecular flexibility index (Phi) is 5.20. The van der Waals surface area contributed by atoms with E-state index in [1.165, 1.54) is 4.57 Å². The summed E-state index contributed by atoms with van der Waals surface area (Å²) in [6, 6.07) is 0. The Morgan fingerprint density at radius 1 is 1.42 bits per heavy atom. The Morgan fingerprint density at radius 2 is 2.21 bits per heavy atom. The minimum Gasteiger partial charge on any atom is -0.376 e. The predicted octanol–water partition coefficient (Wildman–Crippen LogP) is 1.59. The molecule has 2 rings (SSSR count). The van der Waals surface area contributed by atoms with Gasteiger partial charge in [0.25, 0.3) is 5.56 Å².